The Labute approximate surface area is 135 Å². The number of rotatable bonds is 4. The lowest BCUT2D eigenvalue weighted by molar-refractivity contribution is -0.118. The molecule has 0 bridgehead atoms. The van der Waals surface area contributed by atoms with Crippen LogP contribution in [0.3, 0.4) is 0 Å². The zero-order valence-electron chi connectivity index (χ0n) is 13.2. The Bertz CT molecular complexity index is 714. The van der Waals surface area contributed by atoms with Crippen molar-refractivity contribution in [2.45, 2.75) is 25.7 Å². The number of fused-ring (bicyclic) bond motifs is 1. The van der Waals surface area contributed by atoms with E-state index in [1.54, 1.807) is 12.1 Å². The first-order chi connectivity index (χ1) is 11.2. The van der Waals surface area contributed by atoms with E-state index < -0.39 is 0 Å². The van der Waals surface area contributed by atoms with Crippen molar-refractivity contribution >= 4 is 11.6 Å². The van der Waals surface area contributed by atoms with Gasteiger partial charge < -0.3 is 9.64 Å². The summed E-state index contributed by atoms with van der Waals surface area (Å²) in [5, 5.41) is 0. The summed E-state index contributed by atoms with van der Waals surface area (Å²) in [7, 11) is 1.44. The molecule has 2 aromatic carbocycles. The maximum atomic E-state index is 13.7. The lowest BCUT2D eigenvalue weighted by atomic mass is 10.0. The standard InChI is InChI=1S/C19H20FNO2/c1-23-18-10-8-14(13-16(18)20)9-11-19(22)21-12-4-6-15-5-2-3-7-17(15)21/h2-3,5,7-8,10,13H,4,6,9,11-12H2,1H3. The van der Waals surface area contributed by atoms with Crippen LogP contribution in [0, 0.1) is 5.82 Å². The highest BCUT2D eigenvalue weighted by atomic mass is 19.1. The first-order valence-corrected chi connectivity index (χ1v) is 7.89. The van der Waals surface area contributed by atoms with E-state index >= 15 is 0 Å². The van der Waals surface area contributed by atoms with Crippen molar-refractivity contribution < 1.29 is 13.9 Å². The number of hydrogen-bond acceptors (Lipinski definition) is 2. The molecule has 1 amide bonds. The van der Waals surface area contributed by atoms with E-state index in [-0.39, 0.29) is 17.5 Å². The molecule has 0 saturated carbocycles. The van der Waals surface area contributed by atoms with Gasteiger partial charge in [0.1, 0.15) is 0 Å². The summed E-state index contributed by atoms with van der Waals surface area (Å²) in [6.07, 6.45) is 2.90. The second-order valence-electron chi connectivity index (χ2n) is 5.75. The van der Waals surface area contributed by atoms with E-state index in [9.17, 15) is 9.18 Å². The minimum atomic E-state index is -0.388. The Balaban J connectivity index is 1.67. The van der Waals surface area contributed by atoms with Gasteiger partial charge in [0, 0.05) is 18.7 Å². The van der Waals surface area contributed by atoms with Gasteiger partial charge in [0.2, 0.25) is 5.91 Å². The summed E-state index contributed by atoms with van der Waals surface area (Å²) >= 11 is 0. The number of ether oxygens (including phenoxy) is 1. The van der Waals surface area contributed by atoms with Crippen LogP contribution in [-0.4, -0.2) is 19.6 Å². The van der Waals surface area contributed by atoms with Gasteiger partial charge in [0.15, 0.2) is 11.6 Å². The van der Waals surface area contributed by atoms with E-state index in [0.717, 1.165) is 30.6 Å². The Morgan fingerprint density at radius 3 is 2.87 bits per heavy atom. The first kappa shape index (κ1) is 15.5. The number of nitrogens with zero attached hydrogens (tertiary/aromatic N) is 1. The van der Waals surface area contributed by atoms with Gasteiger partial charge in [-0.3, -0.25) is 4.79 Å². The fourth-order valence-corrected chi connectivity index (χ4v) is 3.04. The third-order valence-electron chi connectivity index (χ3n) is 4.26. The second-order valence-corrected chi connectivity index (χ2v) is 5.75. The maximum absolute atomic E-state index is 13.7. The number of carbonyl (C=O) groups is 1. The average Bonchev–Trinajstić information content (AvgIpc) is 2.59. The number of carbonyl (C=O) groups excluding carboxylic acids is 1. The lowest BCUT2D eigenvalue weighted by Crippen LogP contribution is -2.35. The monoisotopic (exact) mass is 313 g/mol. The molecule has 0 saturated heterocycles. The molecule has 0 spiro atoms. The van der Waals surface area contributed by atoms with E-state index in [1.165, 1.54) is 18.7 Å². The molecular weight excluding hydrogens is 293 g/mol. The summed E-state index contributed by atoms with van der Waals surface area (Å²) < 4.78 is 18.6. The Kier molecular flexibility index (Phi) is 4.60. The van der Waals surface area contributed by atoms with Crippen LogP contribution in [0.1, 0.15) is 24.0 Å². The van der Waals surface area contributed by atoms with Crippen LogP contribution in [0.25, 0.3) is 0 Å². The fourth-order valence-electron chi connectivity index (χ4n) is 3.04. The largest absolute Gasteiger partial charge is 0.494 e. The minimum Gasteiger partial charge on any atom is -0.494 e. The van der Waals surface area contributed by atoms with Crippen molar-refractivity contribution in [3.05, 3.63) is 59.4 Å². The van der Waals surface area contributed by atoms with Crippen LogP contribution >= 0.6 is 0 Å². The van der Waals surface area contributed by atoms with E-state index in [1.807, 2.05) is 23.1 Å². The predicted molar refractivity (Wildman–Crippen MR) is 88.4 cm³/mol. The van der Waals surface area contributed by atoms with Crippen molar-refractivity contribution in [2.75, 3.05) is 18.6 Å². The lowest BCUT2D eigenvalue weighted by Gasteiger charge is -2.29. The minimum absolute atomic E-state index is 0.0911. The van der Waals surface area contributed by atoms with Crippen molar-refractivity contribution in [2.24, 2.45) is 0 Å². The van der Waals surface area contributed by atoms with Gasteiger partial charge in [-0.15, -0.1) is 0 Å². The van der Waals surface area contributed by atoms with Gasteiger partial charge in [-0.2, -0.15) is 0 Å². The number of halogens is 1. The van der Waals surface area contributed by atoms with Gasteiger partial charge in [0.05, 0.1) is 7.11 Å². The highest BCUT2D eigenvalue weighted by Gasteiger charge is 2.21. The van der Waals surface area contributed by atoms with Crippen molar-refractivity contribution in [1.82, 2.24) is 0 Å². The molecule has 0 N–H and O–H groups in total. The first-order valence-electron chi connectivity index (χ1n) is 7.89. The molecule has 2 aromatic rings. The number of para-hydroxylation sites is 1. The predicted octanol–water partition coefficient (Wildman–Crippen LogP) is 3.75. The number of aryl methyl sites for hydroxylation is 2. The van der Waals surface area contributed by atoms with Gasteiger partial charge in [-0.1, -0.05) is 24.3 Å². The number of amides is 1. The molecule has 1 aliphatic rings. The molecule has 0 unspecified atom stereocenters. The summed E-state index contributed by atoms with van der Waals surface area (Å²) in [6.45, 7) is 0.757. The molecule has 0 atom stereocenters. The maximum Gasteiger partial charge on any atom is 0.227 e. The van der Waals surface area contributed by atoms with Crippen LogP contribution in [0.15, 0.2) is 42.5 Å². The molecular formula is C19H20FNO2. The number of benzene rings is 2. The summed E-state index contributed by atoms with van der Waals surface area (Å²) in [5.41, 5.74) is 3.05. The normalized spacial score (nSPS) is 13.6. The highest BCUT2D eigenvalue weighted by molar-refractivity contribution is 5.94. The molecule has 120 valence electrons. The molecule has 3 nitrogen and oxygen atoms in total. The van der Waals surface area contributed by atoms with Crippen LogP contribution in [-0.2, 0) is 17.6 Å². The van der Waals surface area contributed by atoms with Crippen LogP contribution in [0.4, 0.5) is 10.1 Å². The van der Waals surface area contributed by atoms with Gasteiger partial charge in [0.25, 0.3) is 0 Å². The topological polar surface area (TPSA) is 29.5 Å². The van der Waals surface area contributed by atoms with Crippen molar-refractivity contribution in [3.63, 3.8) is 0 Å². The molecule has 1 heterocycles. The van der Waals surface area contributed by atoms with Crippen molar-refractivity contribution in [1.29, 1.82) is 0 Å². The number of anilines is 1. The number of hydrogen-bond donors (Lipinski definition) is 0. The molecule has 0 aromatic heterocycles. The molecule has 3 rings (SSSR count). The SMILES string of the molecule is COc1ccc(CCC(=O)N2CCCc3ccccc32)cc1F. The third kappa shape index (κ3) is 3.36. The summed E-state index contributed by atoms with van der Waals surface area (Å²) in [6, 6.07) is 12.9. The van der Waals surface area contributed by atoms with Crippen LogP contribution in [0.5, 0.6) is 5.75 Å². The Morgan fingerprint density at radius 1 is 1.26 bits per heavy atom. The smallest absolute Gasteiger partial charge is 0.227 e. The van der Waals surface area contributed by atoms with Crippen LogP contribution < -0.4 is 9.64 Å². The Morgan fingerprint density at radius 2 is 2.09 bits per heavy atom. The van der Waals surface area contributed by atoms with Gasteiger partial charge in [-0.25, -0.2) is 4.39 Å². The molecule has 4 heteroatoms. The van der Waals surface area contributed by atoms with Gasteiger partial charge in [-0.05, 0) is 48.6 Å². The van der Waals surface area contributed by atoms with E-state index in [0.29, 0.717) is 12.8 Å². The molecule has 1 aliphatic heterocycles. The van der Waals surface area contributed by atoms with Crippen LogP contribution in [0.2, 0.25) is 0 Å². The summed E-state index contributed by atoms with van der Waals surface area (Å²) in [4.78, 5) is 14.4. The molecule has 23 heavy (non-hydrogen) atoms. The van der Waals surface area contributed by atoms with E-state index in [2.05, 4.69) is 6.07 Å². The quantitative estimate of drug-likeness (QED) is 0.860. The summed E-state index contributed by atoms with van der Waals surface area (Å²) in [5.74, 6) is -0.0702. The van der Waals surface area contributed by atoms with Crippen molar-refractivity contribution in [3.8, 4) is 5.75 Å². The third-order valence-corrected chi connectivity index (χ3v) is 4.26. The molecule has 0 radical (unpaired) electrons. The van der Waals surface area contributed by atoms with Gasteiger partial charge >= 0.3 is 0 Å². The fraction of sp³-hybridized carbons (Fsp3) is 0.316. The second kappa shape index (κ2) is 6.82. The zero-order valence-corrected chi connectivity index (χ0v) is 13.2. The molecule has 0 aliphatic carbocycles. The highest BCUT2D eigenvalue weighted by Crippen LogP contribution is 2.27. The number of methoxy groups -OCH3 is 1. The zero-order chi connectivity index (χ0) is 16.2. The van der Waals surface area contributed by atoms with E-state index in [4.69, 9.17) is 4.74 Å². The average molecular weight is 313 g/mol. The molecule has 0 fully saturated rings. The Hall–Kier alpha value is -2.36.